The smallest absolute Gasteiger partial charge is 0.0640 e. The highest BCUT2D eigenvalue weighted by molar-refractivity contribution is 6.33. The van der Waals surface area contributed by atoms with Crippen molar-refractivity contribution in [2.75, 3.05) is 5.32 Å². The van der Waals surface area contributed by atoms with Crippen LogP contribution >= 0.6 is 11.6 Å². The molecule has 4 rings (SSSR count). The van der Waals surface area contributed by atoms with Crippen LogP contribution in [0.5, 0.6) is 0 Å². The van der Waals surface area contributed by atoms with Gasteiger partial charge in [0.2, 0.25) is 0 Å². The van der Waals surface area contributed by atoms with E-state index in [0.29, 0.717) is 6.04 Å². The summed E-state index contributed by atoms with van der Waals surface area (Å²) in [4.78, 5) is 0. The number of benzene rings is 3. The molecule has 3 aromatic rings. The molecule has 1 N–H and O–H groups in total. The van der Waals surface area contributed by atoms with Crippen LogP contribution in [0.4, 0.5) is 5.69 Å². The minimum Gasteiger partial charge on any atom is -0.376 e. The van der Waals surface area contributed by atoms with Gasteiger partial charge < -0.3 is 5.32 Å². The topological polar surface area (TPSA) is 12.0 Å². The average Bonchev–Trinajstić information content (AvgIpc) is 3.02. The van der Waals surface area contributed by atoms with E-state index in [-0.39, 0.29) is 0 Å². The van der Waals surface area contributed by atoms with Crippen molar-refractivity contribution < 1.29 is 0 Å². The summed E-state index contributed by atoms with van der Waals surface area (Å²) < 4.78 is 0. The number of anilines is 1. The first-order valence-electron chi connectivity index (χ1n) is 7.50. The van der Waals surface area contributed by atoms with Gasteiger partial charge in [0, 0.05) is 0 Å². The minimum absolute atomic E-state index is 0.305. The van der Waals surface area contributed by atoms with Crippen molar-refractivity contribution in [1.29, 1.82) is 0 Å². The quantitative estimate of drug-likeness (QED) is 0.639. The number of fused-ring (bicyclic) bond motifs is 1. The zero-order chi connectivity index (χ0) is 14.9. The lowest BCUT2D eigenvalue weighted by atomic mass is 9.99. The minimum atomic E-state index is 0.305. The number of hydrogen-bond donors (Lipinski definition) is 1. The normalized spacial score (nSPS) is 16.1. The first-order chi connectivity index (χ1) is 10.8. The number of hydrogen-bond acceptors (Lipinski definition) is 1. The molecule has 1 aliphatic heterocycles. The van der Waals surface area contributed by atoms with E-state index in [4.69, 9.17) is 11.6 Å². The highest BCUT2D eigenvalue weighted by Gasteiger charge is 2.23. The highest BCUT2D eigenvalue weighted by atomic mass is 35.5. The molecule has 0 amide bonds. The second-order valence-corrected chi connectivity index (χ2v) is 6.07. The molecular formula is C20H16ClN. The molecule has 1 unspecified atom stereocenters. The van der Waals surface area contributed by atoms with Crippen molar-refractivity contribution in [1.82, 2.24) is 0 Å². The van der Waals surface area contributed by atoms with Gasteiger partial charge in [-0.25, -0.2) is 0 Å². The molecule has 0 aliphatic carbocycles. The summed E-state index contributed by atoms with van der Waals surface area (Å²) in [7, 11) is 0. The fraction of sp³-hybridized carbons (Fsp3) is 0.100. The van der Waals surface area contributed by atoms with Crippen LogP contribution in [0, 0.1) is 0 Å². The molecule has 0 saturated heterocycles. The van der Waals surface area contributed by atoms with E-state index in [1.54, 1.807) is 0 Å². The maximum Gasteiger partial charge on any atom is 0.0640 e. The second kappa shape index (κ2) is 5.51. The molecule has 1 heterocycles. The molecule has 22 heavy (non-hydrogen) atoms. The van der Waals surface area contributed by atoms with Crippen molar-refractivity contribution in [3.63, 3.8) is 0 Å². The SMILES string of the molecule is Clc1cccc2c1NC(c1ccc(-c3ccccc3)cc1)C2. The molecule has 108 valence electrons. The van der Waals surface area contributed by atoms with Crippen molar-refractivity contribution in [3.05, 3.63) is 88.9 Å². The third-order valence-electron chi connectivity index (χ3n) is 4.26. The Bertz CT molecular complexity index is 794. The third kappa shape index (κ3) is 2.38. The Morgan fingerprint density at radius 3 is 2.23 bits per heavy atom. The molecule has 2 heteroatoms. The molecule has 0 aromatic heterocycles. The van der Waals surface area contributed by atoms with Gasteiger partial charge in [-0.3, -0.25) is 0 Å². The summed E-state index contributed by atoms with van der Waals surface area (Å²) in [5.41, 5.74) is 6.18. The first kappa shape index (κ1) is 13.4. The molecule has 0 bridgehead atoms. The molecule has 3 aromatic carbocycles. The molecule has 1 nitrogen and oxygen atoms in total. The molecule has 1 atom stereocenters. The Balaban J connectivity index is 1.59. The summed E-state index contributed by atoms with van der Waals surface area (Å²) in [5, 5.41) is 4.35. The Kier molecular flexibility index (Phi) is 3.36. The van der Waals surface area contributed by atoms with Gasteiger partial charge in [-0.15, -0.1) is 0 Å². The zero-order valence-electron chi connectivity index (χ0n) is 12.1. The van der Waals surface area contributed by atoms with Crippen LogP contribution in [0.1, 0.15) is 17.2 Å². The predicted molar refractivity (Wildman–Crippen MR) is 93.4 cm³/mol. The first-order valence-corrected chi connectivity index (χ1v) is 7.88. The van der Waals surface area contributed by atoms with Gasteiger partial charge in [-0.2, -0.15) is 0 Å². The summed E-state index contributed by atoms with van der Waals surface area (Å²) in [6, 6.07) is 25.7. The van der Waals surface area contributed by atoms with Crippen molar-refractivity contribution in [3.8, 4) is 11.1 Å². The van der Waals surface area contributed by atoms with Crippen LogP contribution < -0.4 is 5.32 Å². The molecule has 0 spiro atoms. The second-order valence-electron chi connectivity index (χ2n) is 5.66. The van der Waals surface area contributed by atoms with Crippen LogP contribution in [0.15, 0.2) is 72.8 Å². The van der Waals surface area contributed by atoms with Crippen molar-refractivity contribution in [2.24, 2.45) is 0 Å². The Hall–Kier alpha value is -2.25. The Morgan fingerprint density at radius 2 is 1.50 bits per heavy atom. The van der Waals surface area contributed by atoms with Crippen LogP contribution in [0.3, 0.4) is 0 Å². The largest absolute Gasteiger partial charge is 0.376 e. The van der Waals surface area contributed by atoms with Gasteiger partial charge in [-0.05, 0) is 34.7 Å². The number of nitrogens with one attached hydrogen (secondary N) is 1. The average molecular weight is 306 g/mol. The lowest BCUT2D eigenvalue weighted by molar-refractivity contribution is 0.824. The predicted octanol–water partition coefficient (Wildman–Crippen LogP) is 5.72. The monoisotopic (exact) mass is 305 g/mol. The van der Waals surface area contributed by atoms with E-state index in [0.717, 1.165) is 17.1 Å². The lowest BCUT2D eigenvalue weighted by Gasteiger charge is -2.13. The fourth-order valence-electron chi connectivity index (χ4n) is 3.09. The van der Waals surface area contributed by atoms with Gasteiger partial charge in [0.25, 0.3) is 0 Å². The Morgan fingerprint density at radius 1 is 0.773 bits per heavy atom. The molecule has 0 saturated carbocycles. The van der Waals surface area contributed by atoms with E-state index >= 15 is 0 Å². The van der Waals surface area contributed by atoms with Gasteiger partial charge >= 0.3 is 0 Å². The third-order valence-corrected chi connectivity index (χ3v) is 4.58. The molecule has 0 fully saturated rings. The molecule has 0 radical (unpaired) electrons. The van der Waals surface area contributed by atoms with Crippen LogP contribution in [0.25, 0.3) is 11.1 Å². The number of halogens is 1. The van der Waals surface area contributed by atoms with E-state index in [1.165, 1.54) is 22.3 Å². The maximum atomic E-state index is 6.27. The summed E-state index contributed by atoms with van der Waals surface area (Å²) in [6.07, 6.45) is 0.987. The number of rotatable bonds is 2. The molecule has 1 aliphatic rings. The van der Waals surface area contributed by atoms with E-state index < -0.39 is 0 Å². The number of para-hydroxylation sites is 1. The standard InChI is InChI=1S/C20H16ClN/c21-18-8-4-7-17-13-19(22-20(17)18)16-11-9-15(10-12-16)14-5-2-1-3-6-14/h1-12,19,22H,13H2. The zero-order valence-corrected chi connectivity index (χ0v) is 12.8. The van der Waals surface area contributed by atoms with E-state index in [1.807, 2.05) is 18.2 Å². The van der Waals surface area contributed by atoms with Crippen LogP contribution in [0.2, 0.25) is 5.02 Å². The summed E-state index contributed by atoms with van der Waals surface area (Å²) in [5.74, 6) is 0. The van der Waals surface area contributed by atoms with Crippen molar-refractivity contribution in [2.45, 2.75) is 12.5 Å². The Labute approximate surface area is 135 Å². The van der Waals surface area contributed by atoms with Gasteiger partial charge in [-0.1, -0.05) is 78.3 Å². The van der Waals surface area contributed by atoms with Gasteiger partial charge in [0.15, 0.2) is 0 Å². The molecular weight excluding hydrogens is 290 g/mol. The lowest BCUT2D eigenvalue weighted by Crippen LogP contribution is -2.05. The summed E-state index contributed by atoms with van der Waals surface area (Å²) in [6.45, 7) is 0. The highest BCUT2D eigenvalue weighted by Crippen LogP contribution is 2.38. The van der Waals surface area contributed by atoms with E-state index in [9.17, 15) is 0 Å². The van der Waals surface area contributed by atoms with Gasteiger partial charge in [0.1, 0.15) is 0 Å². The maximum absolute atomic E-state index is 6.27. The van der Waals surface area contributed by atoms with Gasteiger partial charge in [0.05, 0.1) is 16.8 Å². The fourth-order valence-corrected chi connectivity index (χ4v) is 3.33. The summed E-state index contributed by atoms with van der Waals surface area (Å²) >= 11 is 6.27. The van der Waals surface area contributed by atoms with Crippen LogP contribution in [-0.4, -0.2) is 0 Å². The van der Waals surface area contributed by atoms with Crippen molar-refractivity contribution >= 4 is 17.3 Å². The van der Waals surface area contributed by atoms with E-state index in [2.05, 4.69) is 59.9 Å². The van der Waals surface area contributed by atoms with Crippen LogP contribution in [-0.2, 0) is 6.42 Å².